The Balaban J connectivity index is 0.000000686. The van der Waals surface area contributed by atoms with Gasteiger partial charge in [0.1, 0.15) is 0 Å². The van der Waals surface area contributed by atoms with Gasteiger partial charge in [-0.25, -0.2) is 9.97 Å². The van der Waals surface area contributed by atoms with Crippen molar-refractivity contribution in [1.29, 1.82) is 0 Å². The highest BCUT2D eigenvalue weighted by molar-refractivity contribution is 5.58. The number of anilines is 1. The molecule has 17 heavy (non-hydrogen) atoms. The average Bonchev–Trinajstić information content (AvgIpc) is 2.43. The van der Waals surface area contributed by atoms with Gasteiger partial charge in [0.2, 0.25) is 5.95 Å². The van der Waals surface area contributed by atoms with Gasteiger partial charge in [-0.05, 0) is 25.1 Å². The van der Waals surface area contributed by atoms with Crippen molar-refractivity contribution in [3.63, 3.8) is 0 Å². The quantitative estimate of drug-likeness (QED) is 0.880. The van der Waals surface area contributed by atoms with Crippen LogP contribution in [-0.4, -0.2) is 21.5 Å². The molecule has 2 heterocycles. The van der Waals surface area contributed by atoms with Crippen molar-refractivity contribution in [2.75, 3.05) is 11.9 Å². The van der Waals surface area contributed by atoms with Crippen molar-refractivity contribution >= 4 is 5.95 Å². The molecular formula is C13H18N4. The van der Waals surface area contributed by atoms with Crippen LogP contribution in [0.4, 0.5) is 5.95 Å². The van der Waals surface area contributed by atoms with Gasteiger partial charge in [0, 0.05) is 30.7 Å². The molecule has 0 fully saturated rings. The van der Waals surface area contributed by atoms with E-state index in [0.717, 1.165) is 17.8 Å². The molecule has 0 aliphatic rings. The molecule has 0 aliphatic carbocycles. The first-order valence-corrected chi connectivity index (χ1v) is 5.87. The van der Waals surface area contributed by atoms with Crippen LogP contribution in [0.15, 0.2) is 36.8 Å². The van der Waals surface area contributed by atoms with E-state index in [1.54, 1.807) is 18.6 Å². The van der Waals surface area contributed by atoms with E-state index in [1.807, 2.05) is 39.0 Å². The van der Waals surface area contributed by atoms with E-state index in [0.29, 0.717) is 5.95 Å². The summed E-state index contributed by atoms with van der Waals surface area (Å²) in [6.45, 7) is 6.83. The summed E-state index contributed by atoms with van der Waals surface area (Å²) < 4.78 is 0. The molecule has 0 spiro atoms. The number of nitrogens with one attached hydrogen (secondary N) is 1. The van der Waals surface area contributed by atoms with Crippen LogP contribution in [0.5, 0.6) is 0 Å². The molecule has 0 radical (unpaired) electrons. The van der Waals surface area contributed by atoms with Crippen molar-refractivity contribution in [3.8, 4) is 11.3 Å². The van der Waals surface area contributed by atoms with Gasteiger partial charge in [-0.3, -0.25) is 4.98 Å². The molecule has 4 nitrogen and oxygen atoms in total. The van der Waals surface area contributed by atoms with Gasteiger partial charge in [0.15, 0.2) is 0 Å². The van der Waals surface area contributed by atoms with Crippen molar-refractivity contribution in [2.45, 2.75) is 20.8 Å². The Morgan fingerprint density at radius 2 is 2.00 bits per heavy atom. The number of hydrogen-bond donors (Lipinski definition) is 1. The van der Waals surface area contributed by atoms with Gasteiger partial charge in [0.25, 0.3) is 0 Å². The fourth-order valence-corrected chi connectivity index (χ4v) is 1.28. The Morgan fingerprint density at radius 1 is 1.18 bits per heavy atom. The molecule has 0 aromatic carbocycles. The molecule has 2 aromatic rings. The van der Waals surface area contributed by atoms with Crippen molar-refractivity contribution < 1.29 is 0 Å². The summed E-state index contributed by atoms with van der Waals surface area (Å²) >= 11 is 0. The van der Waals surface area contributed by atoms with Gasteiger partial charge in [-0.1, -0.05) is 13.8 Å². The zero-order valence-corrected chi connectivity index (χ0v) is 10.5. The minimum Gasteiger partial charge on any atom is -0.354 e. The fourth-order valence-electron chi connectivity index (χ4n) is 1.28. The zero-order valence-electron chi connectivity index (χ0n) is 10.5. The smallest absolute Gasteiger partial charge is 0.223 e. The van der Waals surface area contributed by atoms with Crippen LogP contribution in [0.2, 0.25) is 0 Å². The normalized spacial score (nSPS) is 9.12. The van der Waals surface area contributed by atoms with Crippen LogP contribution in [0, 0.1) is 0 Å². The van der Waals surface area contributed by atoms with E-state index < -0.39 is 0 Å². The van der Waals surface area contributed by atoms with Gasteiger partial charge >= 0.3 is 0 Å². The van der Waals surface area contributed by atoms with Crippen LogP contribution < -0.4 is 5.32 Å². The molecule has 2 aromatic heterocycles. The lowest BCUT2D eigenvalue weighted by molar-refractivity contribution is 1.09. The number of rotatable bonds is 3. The third-order valence-corrected chi connectivity index (χ3v) is 1.95. The number of hydrogen-bond acceptors (Lipinski definition) is 4. The van der Waals surface area contributed by atoms with Gasteiger partial charge in [0.05, 0.1) is 5.69 Å². The van der Waals surface area contributed by atoms with Gasteiger partial charge in [-0.15, -0.1) is 0 Å². The van der Waals surface area contributed by atoms with E-state index >= 15 is 0 Å². The Labute approximate surface area is 102 Å². The third kappa shape index (κ3) is 3.83. The van der Waals surface area contributed by atoms with E-state index in [2.05, 4.69) is 20.3 Å². The monoisotopic (exact) mass is 230 g/mol. The topological polar surface area (TPSA) is 50.7 Å². The average molecular weight is 230 g/mol. The molecule has 2 rings (SSSR count). The van der Waals surface area contributed by atoms with E-state index in [1.165, 1.54) is 0 Å². The highest BCUT2D eigenvalue weighted by Crippen LogP contribution is 2.15. The standard InChI is InChI=1S/C11H12N4.C2H6/c1-2-13-11-14-7-5-10(15-11)9-4-3-6-12-8-9;1-2/h3-8H,2H2,1H3,(H,13,14,15);1-2H3. The highest BCUT2D eigenvalue weighted by Gasteiger charge is 2.00. The van der Waals surface area contributed by atoms with E-state index in [-0.39, 0.29) is 0 Å². The largest absolute Gasteiger partial charge is 0.354 e. The number of pyridine rings is 1. The SMILES string of the molecule is CC.CCNc1nccc(-c2cccnc2)n1. The molecule has 0 saturated carbocycles. The third-order valence-electron chi connectivity index (χ3n) is 1.95. The second-order valence-electron chi connectivity index (χ2n) is 3.04. The molecule has 0 saturated heterocycles. The molecular weight excluding hydrogens is 212 g/mol. The summed E-state index contributed by atoms with van der Waals surface area (Å²) in [5, 5.41) is 3.08. The first kappa shape index (κ1) is 13.1. The second kappa shape index (κ2) is 7.33. The van der Waals surface area contributed by atoms with Crippen molar-refractivity contribution in [3.05, 3.63) is 36.8 Å². The molecule has 0 aliphatic heterocycles. The van der Waals surface area contributed by atoms with Gasteiger partial charge in [-0.2, -0.15) is 0 Å². The number of nitrogens with zero attached hydrogens (tertiary/aromatic N) is 3. The Kier molecular flexibility index (Phi) is 5.64. The fraction of sp³-hybridized carbons (Fsp3) is 0.308. The lowest BCUT2D eigenvalue weighted by Crippen LogP contribution is -2.02. The molecule has 4 heteroatoms. The predicted octanol–water partition coefficient (Wildman–Crippen LogP) is 3.00. The van der Waals surface area contributed by atoms with Gasteiger partial charge < -0.3 is 5.32 Å². The first-order valence-electron chi connectivity index (χ1n) is 5.87. The Morgan fingerprint density at radius 3 is 2.65 bits per heavy atom. The van der Waals surface area contributed by atoms with E-state index in [9.17, 15) is 0 Å². The number of aromatic nitrogens is 3. The molecule has 90 valence electrons. The maximum absolute atomic E-state index is 4.37. The summed E-state index contributed by atoms with van der Waals surface area (Å²) in [5.74, 6) is 0.652. The zero-order chi connectivity index (χ0) is 12.5. The van der Waals surface area contributed by atoms with Crippen LogP contribution in [0.25, 0.3) is 11.3 Å². The molecule has 0 amide bonds. The first-order chi connectivity index (χ1) is 8.40. The molecule has 0 bridgehead atoms. The summed E-state index contributed by atoms with van der Waals surface area (Å²) in [6.07, 6.45) is 5.28. The Hall–Kier alpha value is -1.97. The second-order valence-corrected chi connectivity index (χ2v) is 3.04. The van der Waals surface area contributed by atoms with Crippen LogP contribution in [0.1, 0.15) is 20.8 Å². The summed E-state index contributed by atoms with van der Waals surface area (Å²) in [7, 11) is 0. The predicted molar refractivity (Wildman–Crippen MR) is 70.8 cm³/mol. The maximum Gasteiger partial charge on any atom is 0.223 e. The van der Waals surface area contributed by atoms with Crippen LogP contribution in [-0.2, 0) is 0 Å². The van der Waals surface area contributed by atoms with Crippen molar-refractivity contribution in [1.82, 2.24) is 15.0 Å². The lowest BCUT2D eigenvalue weighted by Gasteiger charge is -2.03. The molecule has 0 unspecified atom stereocenters. The highest BCUT2D eigenvalue weighted by atomic mass is 15.1. The lowest BCUT2D eigenvalue weighted by atomic mass is 10.2. The summed E-state index contributed by atoms with van der Waals surface area (Å²) in [4.78, 5) is 12.5. The minimum absolute atomic E-state index is 0.652. The Bertz CT molecular complexity index is 428. The summed E-state index contributed by atoms with van der Waals surface area (Å²) in [6, 6.07) is 5.74. The van der Waals surface area contributed by atoms with Crippen LogP contribution in [0.3, 0.4) is 0 Å². The summed E-state index contributed by atoms with van der Waals surface area (Å²) in [5.41, 5.74) is 1.88. The van der Waals surface area contributed by atoms with Crippen LogP contribution >= 0.6 is 0 Å². The van der Waals surface area contributed by atoms with E-state index in [4.69, 9.17) is 0 Å². The minimum atomic E-state index is 0.652. The molecule has 1 N–H and O–H groups in total. The van der Waals surface area contributed by atoms with Crippen molar-refractivity contribution in [2.24, 2.45) is 0 Å². The maximum atomic E-state index is 4.37. The molecule has 0 atom stereocenters.